The summed E-state index contributed by atoms with van der Waals surface area (Å²) in [7, 11) is 1.76. The Bertz CT molecular complexity index is 627. The van der Waals surface area contributed by atoms with Crippen molar-refractivity contribution >= 4 is 5.82 Å². The third-order valence-electron chi connectivity index (χ3n) is 3.15. The van der Waals surface area contributed by atoms with Crippen LogP contribution in [0.5, 0.6) is 0 Å². The molecule has 1 heterocycles. The average Bonchev–Trinajstić information content (AvgIpc) is 2.66. The van der Waals surface area contributed by atoms with Gasteiger partial charge in [-0.25, -0.2) is 4.98 Å². The van der Waals surface area contributed by atoms with Gasteiger partial charge < -0.3 is 10.3 Å². The molecule has 0 amide bonds. The second-order valence-electron chi connectivity index (χ2n) is 5.00. The lowest BCUT2D eigenvalue weighted by atomic mass is 10.1. The largest absolute Gasteiger partial charge is 0.416 e. The van der Waals surface area contributed by atoms with Crippen molar-refractivity contribution in [1.29, 1.82) is 0 Å². The van der Waals surface area contributed by atoms with Crippen molar-refractivity contribution in [2.45, 2.75) is 25.9 Å². The molecule has 0 atom stereocenters. The van der Waals surface area contributed by atoms with E-state index in [9.17, 15) is 13.2 Å². The SMILES string of the molecule is CC(C)c1nc(-c2cccc(C(F)(F)F)c2)c(N)n1C. The third-order valence-corrected chi connectivity index (χ3v) is 3.15. The molecule has 2 rings (SSSR count). The topological polar surface area (TPSA) is 43.8 Å². The summed E-state index contributed by atoms with van der Waals surface area (Å²) >= 11 is 0. The van der Waals surface area contributed by atoms with E-state index in [-0.39, 0.29) is 5.92 Å². The van der Waals surface area contributed by atoms with Crippen LogP contribution in [0.25, 0.3) is 11.3 Å². The first-order valence-electron chi connectivity index (χ1n) is 6.21. The van der Waals surface area contributed by atoms with Gasteiger partial charge in [-0.05, 0) is 12.1 Å². The second-order valence-corrected chi connectivity index (χ2v) is 5.00. The number of hydrogen-bond acceptors (Lipinski definition) is 2. The quantitative estimate of drug-likeness (QED) is 0.910. The molecule has 1 aromatic heterocycles. The average molecular weight is 283 g/mol. The predicted molar refractivity (Wildman–Crippen MR) is 72.1 cm³/mol. The molecule has 1 aromatic carbocycles. The van der Waals surface area contributed by atoms with Crippen molar-refractivity contribution in [2.24, 2.45) is 7.05 Å². The molecule has 0 aliphatic carbocycles. The highest BCUT2D eigenvalue weighted by molar-refractivity contribution is 5.71. The number of anilines is 1. The zero-order valence-corrected chi connectivity index (χ0v) is 11.5. The fraction of sp³-hybridized carbons (Fsp3) is 0.357. The standard InChI is InChI=1S/C14H16F3N3/c1-8(2)13-19-11(12(18)20(13)3)9-5-4-6-10(7-9)14(15,16)17/h4-8H,18H2,1-3H3. The Balaban J connectivity index is 2.55. The summed E-state index contributed by atoms with van der Waals surface area (Å²) < 4.78 is 39.9. The smallest absolute Gasteiger partial charge is 0.383 e. The van der Waals surface area contributed by atoms with Crippen LogP contribution in [-0.4, -0.2) is 9.55 Å². The summed E-state index contributed by atoms with van der Waals surface area (Å²) in [6, 6.07) is 5.05. The number of halogens is 3. The molecule has 3 nitrogen and oxygen atoms in total. The van der Waals surface area contributed by atoms with E-state index in [1.165, 1.54) is 6.07 Å². The van der Waals surface area contributed by atoms with Crippen LogP contribution in [0.15, 0.2) is 24.3 Å². The number of benzene rings is 1. The van der Waals surface area contributed by atoms with Crippen molar-refractivity contribution < 1.29 is 13.2 Å². The van der Waals surface area contributed by atoms with Crippen LogP contribution in [-0.2, 0) is 13.2 Å². The van der Waals surface area contributed by atoms with Crippen LogP contribution < -0.4 is 5.73 Å². The number of hydrogen-bond donors (Lipinski definition) is 1. The number of imidazole rings is 1. The molecule has 0 bridgehead atoms. The molecule has 2 N–H and O–H groups in total. The number of alkyl halides is 3. The maximum atomic E-state index is 12.7. The monoisotopic (exact) mass is 283 g/mol. The Labute approximate surface area is 115 Å². The minimum absolute atomic E-state index is 0.141. The molecule has 0 unspecified atom stereocenters. The van der Waals surface area contributed by atoms with Gasteiger partial charge in [0, 0.05) is 18.5 Å². The van der Waals surface area contributed by atoms with Crippen molar-refractivity contribution in [1.82, 2.24) is 9.55 Å². The molecular formula is C14H16F3N3. The molecule has 0 radical (unpaired) electrons. The first-order valence-corrected chi connectivity index (χ1v) is 6.21. The Morgan fingerprint density at radius 1 is 1.25 bits per heavy atom. The van der Waals surface area contributed by atoms with E-state index in [1.54, 1.807) is 17.7 Å². The van der Waals surface area contributed by atoms with Crippen LogP contribution in [0.3, 0.4) is 0 Å². The molecule has 0 fully saturated rings. The van der Waals surface area contributed by atoms with Gasteiger partial charge in [0.05, 0.1) is 5.56 Å². The van der Waals surface area contributed by atoms with Gasteiger partial charge in [0.2, 0.25) is 0 Å². The fourth-order valence-corrected chi connectivity index (χ4v) is 2.10. The molecule has 20 heavy (non-hydrogen) atoms. The van der Waals surface area contributed by atoms with E-state index in [2.05, 4.69) is 4.98 Å². The minimum atomic E-state index is -4.37. The van der Waals surface area contributed by atoms with Crippen LogP contribution >= 0.6 is 0 Å². The Morgan fingerprint density at radius 3 is 2.40 bits per heavy atom. The Kier molecular flexibility index (Phi) is 3.50. The van der Waals surface area contributed by atoms with Gasteiger partial charge in [0.15, 0.2) is 0 Å². The Hall–Kier alpha value is -1.98. The molecule has 108 valence electrons. The summed E-state index contributed by atoms with van der Waals surface area (Å²) in [6.07, 6.45) is -4.37. The van der Waals surface area contributed by atoms with Crippen LogP contribution in [0, 0.1) is 0 Å². The van der Waals surface area contributed by atoms with Crippen molar-refractivity contribution in [3.8, 4) is 11.3 Å². The molecule has 0 saturated heterocycles. The molecule has 2 aromatic rings. The lowest BCUT2D eigenvalue weighted by Crippen LogP contribution is -2.05. The number of aromatic nitrogens is 2. The molecule has 0 spiro atoms. The first-order chi connectivity index (χ1) is 9.21. The van der Waals surface area contributed by atoms with E-state index >= 15 is 0 Å². The van der Waals surface area contributed by atoms with Crippen LogP contribution in [0.2, 0.25) is 0 Å². The number of nitrogens with two attached hydrogens (primary N) is 1. The van der Waals surface area contributed by atoms with Gasteiger partial charge in [-0.2, -0.15) is 13.2 Å². The highest BCUT2D eigenvalue weighted by Gasteiger charge is 2.31. The fourth-order valence-electron chi connectivity index (χ4n) is 2.10. The number of nitrogens with zero attached hydrogens (tertiary/aromatic N) is 2. The summed E-state index contributed by atoms with van der Waals surface area (Å²) in [5.41, 5.74) is 6.01. The minimum Gasteiger partial charge on any atom is -0.383 e. The zero-order chi connectivity index (χ0) is 15.1. The van der Waals surface area contributed by atoms with Crippen molar-refractivity contribution in [3.63, 3.8) is 0 Å². The van der Waals surface area contributed by atoms with E-state index in [0.29, 0.717) is 17.1 Å². The van der Waals surface area contributed by atoms with Crippen LogP contribution in [0.1, 0.15) is 31.2 Å². The third kappa shape index (κ3) is 2.50. The number of nitrogen functional groups attached to an aromatic ring is 1. The first kappa shape index (κ1) is 14.4. The highest BCUT2D eigenvalue weighted by atomic mass is 19.4. The predicted octanol–water partition coefficient (Wildman–Crippen LogP) is 3.81. The van der Waals surface area contributed by atoms with Crippen molar-refractivity contribution in [3.05, 3.63) is 35.7 Å². The summed E-state index contributed by atoms with van der Waals surface area (Å²) in [5, 5.41) is 0. The van der Waals surface area contributed by atoms with Crippen molar-refractivity contribution in [2.75, 3.05) is 5.73 Å². The van der Waals surface area contributed by atoms with E-state index < -0.39 is 11.7 Å². The van der Waals surface area contributed by atoms with Gasteiger partial charge in [-0.15, -0.1) is 0 Å². The molecule has 0 aliphatic rings. The molecule has 6 heteroatoms. The number of rotatable bonds is 2. The van der Waals surface area contributed by atoms with Gasteiger partial charge >= 0.3 is 6.18 Å². The highest BCUT2D eigenvalue weighted by Crippen LogP contribution is 2.34. The van der Waals surface area contributed by atoms with E-state index in [4.69, 9.17) is 5.73 Å². The maximum absolute atomic E-state index is 12.7. The zero-order valence-electron chi connectivity index (χ0n) is 11.5. The molecule has 0 aliphatic heterocycles. The summed E-state index contributed by atoms with van der Waals surface area (Å²) in [5.74, 6) is 1.25. The summed E-state index contributed by atoms with van der Waals surface area (Å²) in [6.45, 7) is 3.91. The Morgan fingerprint density at radius 2 is 1.90 bits per heavy atom. The lowest BCUT2D eigenvalue weighted by molar-refractivity contribution is -0.137. The van der Waals surface area contributed by atoms with Gasteiger partial charge in [-0.1, -0.05) is 26.0 Å². The van der Waals surface area contributed by atoms with Crippen LogP contribution in [0.4, 0.5) is 19.0 Å². The van der Waals surface area contributed by atoms with Gasteiger partial charge in [0.25, 0.3) is 0 Å². The van der Waals surface area contributed by atoms with Gasteiger partial charge in [0.1, 0.15) is 17.3 Å². The maximum Gasteiger partial charge on any atom is 0.416 e. The lowest BCUT2D eigenvalue weighted by Gasteiger charge is -2.08. The molecular weight excluding hydrogens is 267 g/mol. The molecule has 0 saturated carbocycles. The van der Waals surface area contributed by atoms with E-state index in [0.717, 1.165) is 18.0 Å². The normalized spacial score (nSPS) is 12.2. The summed E-state index contributed by atoms with van der Waals surface area (Å²) in [4.78, 5) is 4.37. The van der Waals surface area contributed by atoms with E-state index in [1.807, 2.05) is 13.8 Å². The second kappa shape index (κ2) is 4.85. The van der Waals surface area contributed by atoms with Gasteiger partial charge in [-0.3, -0.25) is 0 Å².